The highest BCUT2D eigenvalue weighted by molar-refractivity contribution is 5.76. The molecule has 0 bridgehead atoms. The molecule has 1 N–H and O–H groups in total. The largest absolute Gasteiger partial charge is 0.472 e. The summed E-state index contributed by atoms with van der Waals surface area (Å²) < 4.78 is 9.78. The zero-order valence-corrected chi connectivity index (χ0v) is 10.2. The average Bonchev–Trinajstić information content (AvgIpc) is 2.77. The molecule has 1 aromatic heterocycles. The van der Waals surface area contributed by atoms with Gasteiger partial charge in [-0.05, 0) is 18.9 Å². The van der Waals surface area contributed by atoms with E-state index in [4.69, 9.17) is 9.15 Å². The minimum atomic E-state index is -0.296. The number of carbonyl (C=O) groups excluding carboxylic acids is 1. The van der Waals surface area contributed by atoms with Crippen LogP contribution in [-0.4, -0.2) is 19.1 Å². The standard InChI is InChI=1S/C12H19NO3/c1-8(2)11(12(14)15-4)13-9(3)10-5-6-16-7-10/h5-9,11,13H,1-4H3/t9?,11-/m0/s1. The number of carbonyl (C=O) groups is 1. The van der Waals surface area contributed by atoms with E-state index in [-0.39, 0.29) is 24.0 Å². The van der Waals surface area contributed by atoms with Gasteiger partial charge in [0, 0.05) is 11.6 Å². The van der Waals surface area contributed by atoms with Crippen molar-refractivity contribution in [2.24, 2.45) is 5.92 Å². The van der Waals surface area contributed by atoms with Crippen molar-refractivity contribution in [1.82, 2.24) is 5.32 Å². The Morgan fingerprint density at radius 2 is 2.12 bits per heavy atom. The van der Waals surface area contributed by atoms with Gasteiger partial charge in [0.1, 0.15) is 6.04 Å². The molecule has 0 aliphatic heterocycles. The number of ether oxygens (including phenoxy) is 1. The van der Waals surface area contributed by atoms with Crippen LogP contribution in [0.4, 0.5) is 0 Å². The fourth-order valence-corrected chi connectivity index (χ4v) is 1.55. The molecule has 0 saturated heterocycles. The molecule has 2 atom stereocenters. The third-order valence-corrected chi connectivity index (χ3v) is 2.59. The SMILES string of the molecule is COC(=O)[C@@H](NC(C)c1ccoc1)C(C)C. The number of rotatable bonds is 5. The van der Waals surface area contributed by atoms with Crippen molar-refractivity contribution >= 4 is 5.97 Å². The van der Waals surface area contributed by atoms with Gasteiger partial charge in [-0.2, -0.15) is 0 Å². The summed E-state index contributed by atoms with van der Waals surface area (Å²) in [5, 5.41) is 3.23. The fraction of sp³-hybridized carbons (Fsp3) is 0.583. The van der Waals surface area contributed by atoms with Gasteiger partial charge >= 0.3 is 5.97 Å². The van der Waals surface area contributed by atoms with Crippen molar-refractivity contribution < 1.29 is 13.9 Å². The maximum absolute atomic E-state index is 11.6. The van der Waals surface area contributed by atoms with Crippen LogP contribution < -0.4 is 5.32 Å². The maximum Gasteiger partial charge on any atom is 0.323 e. The first-order valence-electron chi connectivity index (χ1n) is 5.42. The Bertz CT molecular complexity index is 319. The Balaban J connectivity index is 2.65. The topological polar surface area (TPSA) is 51.5 Å². The molecule has 0 fully saturated rings. The summed E-state index contributed by atoms with van der Waals surface area (Å²) in [6.45, 7) is 5.95. The summed E-state index contributed by atoms with van der Waals surface area (Å²) in [7, 11) is 1.40. The van der Waals surface area contributed by atoms with E-state index in [0.29, 0.717) is 0 Å². The summed E-state index contributed by atoms with van der Waals surface area (Å²) in [6.07, 6.45) is 3.29. The molecule has 4 nitrogen and oxygen atoms in total. The zero-order chi connectivity index (χ0) is 12.1. The van der Waals surface area contributed by atoms with Crippen LogP contribution in [0.3, 0.4) is 0 Å². The average molecular weight is 225 g/mol. The quantitative estimate of drug-likeness (QED) is 0.780. The van der Waals surface area contributed by atoms with Crippen LogP contribution >= 0.6 is 0 Å². The van der Waals surface area contributed by atoms with Crippen LogP contribution in [0, 0.1) is 5.92 Å². The first-order valence-corrected chi connectivity index (χ1v) is 5.42. The van der Waals surface area contributed by atoms with E-state index in [1.807, 2.05) is 26.8 Å². The van der Waals surface area contributed by atoms with E-state index in [2.05, 4.69) is 5.32 Å². The third-order valence-electron chi connectivity index (χ3n) is 2.59. The van der Waals surface area contributed by atoms with Crippen molar-refractivity contribution in [3.05, 3.63) is 24.2 Å². The van der Waals surface area contributed by atoms with Gasteiger partial charge < -0.3 is 9.15 Å². The van der Waals surface area contributed by atoms with Gasteiger partial charge in [0.2, 0.25) is 0 Å². The Kier molecular flexibility index (Phi) is 4.55. The van der Waals surface area contributed by atoms with Crippen LogP contribution in [0.2, 0.25) is 0 Å². The van der Waals surface area contributed by atoms with E-state index in [9.17, 15) is 4.79 Å². The summed E-state index contributed by atoms with van der Waals surface area (Å²) in [5.74, 6) is -0.0489. The van der Waals surface area contributed by atoms with Crippen molar-refractivity contribution in [2.45, 2.75) is 32.9 Å². The van der Waals surface area contributed by atoms with Gasteiger partial charge in [0.25, 0.3) is 0 Å². The number of hydrogen-bond donors (Lipinski definition) is 1. The van der Waals surface area contributed by atoms with E-state index in [0.717, 1.165) is 5.56 Å². The minimum absolute atomic E-state index is 0.0604. The van der Waals surface area contributed by atoms with Crippen LogP contribution in [0.5, 0.6) is 0 Å². The molecule has 1 heterocycles. The molecule has 90 valence electrons. The highest BCUT2D eigenvalue weighted by atomic mass is 16.5. The molecular formula is C12H19NO3. The Labute approximate surface area is 96.0 Å². The number of furan rings is 1. The lowest BCUT2D eigenvalue weighted by atomic mass is 10.0. The van der Waals surface area contributed by atoms with E-state index in [1.165, 1.54) is 7.11 Å². The molecule has 0 aromatic carbocycles. The predicted molar refractivity (Wildman–Crippen MR) is 60.9 cm³/mol. The lowest BCUT2D eigenvalue weighted by molar-refractivity contribution is -0.144. The molecule has 0 radical (unpaired) electrons. The molecule has 16 heavy (non-hydrogen) atoms. The van der Waals surface area contributed by atoms with Crippen LogP contribution in [-0.2, 0) is 9.53 Å². The van der Waals surface area contributed by atoms with Crippen molar-refractivity contribution in [3.8, 4) is 0 Å². The molecule has 1 rings (SSSR count). The number of esters is 1. The Morgan fingerprint density at radius 1 is 1.44 bits per heavy atom. The smallest absolute Gasteiger partial charge is 0.323 e. The molecule has 0 saturated carbocycles. The van der Waals surface area contributed by atoms with Gasteiger partial charge in [-0.15, -0.1) is 0 Å². The van der Waals surface area contributed by atoms with Crippen molar-refractivity contribution in [3.63, 3.8) is 0 Å². The molecule has 1 unspecified atom stereocenters. The van der Waals surface area contributed by atoms with Crippen molar-refractivity contribution in [2.75, 3.05) is 7.11 Å². The van der Waals surface area contributed by atoms with Gasteiger partial charge in [-0.3, -0.25) is 10.1 Å². The molecule has 0 amide bonds. The van der Waals surface area contributed by atoms with Gasteiger partial charge in [0.15, 0.2) is 0 Å². The molecular weight excluding hydrogens is 206 g/mol. The second kappa shape index (κ2) is 5.70. The van der Waals surface area contributed by atoms with Gasteiger partial charge in [-0.25, -0.2) is 0 Å². The minimum Gasteiger partial charge on any atom is -0.472 e. The van der Waals surface area contributed by atoms with E-state index in [1.54, 1.807) is 12.5 Å². The molecule has 0 aliphatic carbocycles. The lowest BCUT2D eigenvalue weighted by Crippen LogP contribution is -2.42. The Morgan fingerprint density at radius 3 is 2.56 bits per heavy atom. The first-order chi connectivity index (χ1) is 7.56. The summed E-state index contributed by atoms with van der Waals surface area (Å²) in [4.78, 5) is 11.6. The van der Waals surface area contributed by atoms with Crippen LogP contribution in [0.25, 0.3) is 0 Å². The highest BCUT2D eigenvalue weighted by Crippen LogP contribution is 2.15. The highest BCUT2D eigenvalue weighted by Gasteiger charge is 2.24. The van der Waals surface area contributed by atoms with E-state index < -0.39 is 0 Å². The van der Waals surface area contributed by atoms with Crippen LogP contribution in [0.1, 0.15) is 32.4 Å². The molecule has 4 heteroatoms. The second-order valence-electron chi connectivity index (χ2n) is 4.19. The van der Waals surface area contributed by atoms with Crippen LogP contribution in [0.15, 0.2) is 23.0 Å². The monoisotopic (exact) mass is 225 g/mol. The summed E-state index contributed by atoms with van der Waals surface area (Å²) in [5.41, 5.74) is 1.02. The zero-order valence-electron chi connectivity index (χ0n) is 10.2. The second-order valence-corrected chi connectivity index (χ2v) is 4.19. The summed E-state index contributed by atoms with van der Waals surface area (Å²) >= 11 is 0. The number of nitrogens with one attached hydrogen (secondary N) is 1. The normalized spacial score (nSPS) is 14.8. The predicted octanol–water partition coefficient (Wildman–Crippen LogP) is 2.13. The maximum atomic E-state index is 11.6. The molecule has 0 spiro atoms. The molecule has 0 aliphatic rings. The van der Waals surface area contributed by atoms with E-state index >= 15 is 0 Å². The fourth-order valence-electron chi connectivity index (χ4n) is 1.55. The number of hydrogen-bond acceptors (Lipinski definition) is 4. The first kappa shape index (κ1) is 12.8. The number of methoxy groups -OCH3 is 1. The van der Waals surface area contributed by atoms with Gasteiger partial charge in [0.05, 0.1) is 19.6 Å². The third kappa shape index (κ3) is 3.10. The Hall–Kier alpha value is -1.29. The lowest BCUT2D eigenvalue weighted by Gasteiger charge is -2.23. The summed E-state index contributed by atoms with van der Waals surface area (Å²) in [6, 6.07) is 1.65. The van der Waals surface area contributed by atoms with Crippen molar-refractivity contribution in [1.29, 1.82) is 0 Å². The molecule has 1 aromatic rings. The van der Waals surface area contributed by atoms with Gasteiger partial charge in [-0.1, -0.05) is 13.8 Å².